The van der Waals surface area contributed by atoms with Crippen LogP contribution in [0.3, 0.4) is 0 Å². The number of benzene rings is 2. The maximum atomic E-state index is 13.5. The molecule has 2 aromatic carbocycles. The number of hydrogen-bond acceptors (Lipinski definition) is 6. The van der Waals surface area contributed by atoms with Crippen LogP contribution in [0.15, 0.2) is 47.4 Å². The zero-order chi connectivity index (χ0) is 23.8. The summed E-state index contributed by atoms with van der Waals surface area (Å²) in [6.45, 7) is 1.32. The van der Waals surface area contributed by atoms with Crippen LogP contribution in [0.1, 0.15) is 29.6 Å². The summed E-state index contributed by atoms with van der Waals surface area (Å²) in [5.41, 5.74) is 1.21. The van der Waals surface area contributed by atoms with Gasteiger partial charge in [0.15, 0.2) is 5.13 Å². The second kappa shape index (κ2) is 9.68. The first-order valence-corrected chi connectivity index (χ1v) is 13.4. The highest BCUT2D eigenvalue weighted by atomic mass is 35.5. The smallest absolute Gasteiger partial charge is 0.260 e. The zero-order valence-corrected chi connectivity index (χ0v) is 21.3. The average molecular weight is 507 g/mol. The number of nitrogens with zero attached hydrogens (tertiary/aromatic N) is 4. The number of halogens is 1. The van der Waals surface area contributed by atoms with Gasteiger partial charge in [-0.25, -0.2) is 13.4 Å². The zero-order valence-electron chi connectivity index (χ0n) is 18.9. The van der Waals surface area contributed by atoms with E-state index >= 15 is 0 Å². The van der Waals surface area contributed by atoms with Crippen molar-refractivity contribution < 1.29 is 13.2 Å². The van der Waals surface area contributed by atoms with Crippen LogP contribution in [-0.2, 0) is 10.0 Å². The Balaban J connectivity index is 1.61. The summed E-state index contributed by atoms with van der Waals surface area (Å²) >= 11 is 7.54. The maximum Gasteiger partial charge on any atom is 0.260 e. The van der Waals surface area contributed by atoms with Gasteiger partial charge in [0.25, 0.3) is 5.91 Å². The molecule has 1 saturated carbocycles. The lowest BCUT2D eigenvalue weighted by atomic mass is 10.2. The highest BCUT2D eigenvalue weighted by Gasteiger charge is 2.35. The summed E-state index contributed by atoms with van der Waals surface area (Å²) < 4.78 is 27.9. The summed E-state index contributed by atoms with van der Waals surface area (Å²) in [5.74, 6) is -0.210. The summed E-state index contributed by atoms with van der Waals surface area (Å²) in [6, 6.07) is 11.7. The van der Waals surface area contributed by atoms with Crippen molar-refractivity contribution in [3.8, 4) is 0 Å². The topological polar surface area (TPSA) is 73.8 Å². The van der Waals surface area contributed by atoms with Gasteiger partial charge in [0, 0.05) is 30.2 Å². The first-order valence-electron chi connectivity index (χ1n) is 10.8. The number of anilines is 1. The summed E-state index contributed by atoms with van der Waals surface area (Å²) in [6.07, 6.45) is 2.55. The molecule has 1 aliphatic rings. The van der Waals surface area contributed by atoms with E-state index in [4.69, 9.17) is 11.6 Å². The predicted molar refractivity (Wildman–Crippen MR) is 134 cm³/mol. The van der Waals surface area contributed by atoms with Gasteiger partial charge in [0.1, 0.15) is 0 Å². The van der Waals surface area contributed by atoms with E-state index in [1.165, 1.54) is 27.8 Å². The lowest BCUT2D eigenvalue weighted by molar-refractivity contribution is 0.0986. The molecular weight excluding hydrogens is 480 g/mol. The standard InChI is InChI=1S/C23H27ClN4O3S2/c1-26(2)13-4-14-28(23-25-20-12-7-17(24)15-21(20)32-23)22(29)16-5-10-19(11-6-16)33(30,31)27(3)18-8-9-18/h5-7,10-12,15,18H,4,8-9,13-14H2,1-3H3. The van der Waals surface area contributed by atoms with Crippen molar-refractivity contribution >= 4 is 54.2 Å². The summed E-state index contributed by atoms with van der Waals surface area (Å²) in [4.78, 5) is 22.1. The van der Waals surface area contributed by atoms with Crippen LogP contribution in [0, 0.1) is 0 Å². The number of carbonyl (C=O) groups excluding carboxylic acids is 1. The van der Waals surface area contributed by atoms with Crippen molar-refractivity contribution in [3.05, 3.63) is 53.1 Å². The number of fused-ring (bicyclic) bond motifs is 1. The van der Waals surface area contributed by atoms with Crippen molar-refractivity contribution in [1.29, 1.82) is 0 Å². The molecule has 1 fully saturated rings. The molecule has 3 aromatic rings. The number of rotatable bonds is 9. The van der Waals surface area contributed by atoms with E-state index in [0.717, 1.165) is 36.0 Å². The van der Waals surface area contributed by atoms with Crippen LogP contribution in [0.4, 0.5) is 5.13 Å². The molecule has 1 aliphatic carbocycles. The van der Waals surface area contributed by atoms with Gasteiger partial charge >= 0.3 is 0 Å². The minimum atomic E-state index is -3.56. The van der Waals surface area contributed by atoms with Crippen LogP contribution in [0.2, 0.25) is 5.02 Å². The quantitative estimate of drug-likeness (QED) is 0.432. The van der Waals surface area contributed by atoms with Crippen LogP contribution >= 0.6 is 22.9 Å². The third-order valence-corrected chi connectivity index (χ3v) is 8.84. The fourth-order valence-corrected chi connectivity index (χ4v) is 6.24. The van der Waals surface area contributed by atoms with Gasteiger partial charge in [-0.2, -0.15) is 4.31 Å². The molecule has 33 heavy (non-hydrogen) atoms. The lowest BCUT2D eigenvalue weighted by Gasteiger charge is -2.21. The molecule has 7 nitrogen and oxygen atoms in total. The summed E-state index contributed by atoms with van der Waals surface area (Å²) in [7, 11) is 2.03. The van der Waals surface area contributed by atoms with Crippen LogP contribution < -0.4 is 4.90 Å². The Kier molecular flexibility index (Phi) is 7.07. The third kappa shape index (κ3) is 5.38. The molecule has 10 heteroatoms. The molecule has 0 bridgehead atoms. The van der Waals surface area contributed by atoms with Gasteiger partial charge in [0.05, 0.1) is 15.1 Å². The van der Waals surface area contributed by atoms with Crippen molar-refractivity contribution in [3.63, 3.8) is 0 Å². The number of amides is 1. The van der Waals surface area contributed by atoms with Gasteiger partial charge in [-0.05, 0) is 82.4 Å². The Morgan fingerprint density at radius 3 is 2.42 bits per heavy atom. The SMILES string of the molecule is CN(C)CCCN(C(=O)c1ccc(S(=O)(=O)N(C)C2CC2)cc1)c1nc2ccc(Cl)cc2s1. The van der Waals surface area contributed by atoms with Gasteiger partial charge in [-0.15, -0.1) is 0 Å². The molecule has 4 rings (SSSR count). The monoisotopic (exact) mass is 506 g/mol. The normalized spacial score (nSPS) is 14.4. The van der Waals surface area contributed by atoms with E-state index in [0.29, 0.717) is 22.3 Å². The van der Waals surface area contributed by atoms with Crippen molar-refractivity contribution in [2.24, 2.45) is 0 Å². The molecule has 0 radical (unpaired) electrons. The molecule has 0 atom stereocenters. The maximum absolute atomic E-state index is 13.5. The summed E-state index contributed by atoms with van der Waals surface area (Å²) in [5, 5.41) is 1.22. The Morgan fingerprint density at radius 1 is 1.09 bits per heavy atom. The average Bonchev–Trinajstić information content (AvgIpc) is 3.55. The van der Waals surface area contributed by atoms with Crippen molar-refractivity contribution in [2.45, 2.75) is 30.2 Å². The molecule has 0 saturated heterocycles. The van der Waals surface area contributed by atoms with E-state index in [9.17, 15) is 13.2 Å². The fourth-order valence-electron chi connectivity index (χ4n) is 3.56. The Bertz CT molecular complexity index is 1250. The number of carbonyl (C=O) groups is 1. The number of thiazole rings is 1. The van der Waals surface area contributed by atoms with E-state index < -0.39 is 10.0 Å². The molecule has 0 spiro atoms. The highest BCUT2D eigenvalue weighted by Crippen LogP contribution is 2.33. The van der Waals surface area contributed by atoms with E-state index in [1.807, 2.05) is 26.2 Å². The van der Waals surface area contributed by atoms with Crippen molar-refractivity contribution in [1.82, 2.24) is 14.2 Å². The molecule has 1 aromatic heterocycles. The second-order valence-electron chi connectivity index (χ2n) is 8.50. The number of aromatic nitrogens is 1. The molecule has 0 N–H and O–H groups in total. The lowest BCUT2D eigenvalue weighted by Crippen LogP contribution is -2.33. The Hall–Kier alpha value is -2.04. The number of hydrogen-bond donors (Lipinski definition) is 0. The molecular formula is C23H27ClN4O3S2. The third-order valence-electron chi connectivity index (χ3n) is 5.64. The Labute approximate surface area is 203 Å². The van der Waals surface area contributed by atoms with Gasteiger partial charge in [-0.1, -0.05) is 22.9 Å². The molecule has 0 unspecified atom stereocenters. The van der Waals surface area contributed by atoms with E-state index in [2.05, 4.69) is 9.88 Å². The molecule has 1 amide bonds. The first-order chi connectivity index (χ1) is 15.7. The Morgan fingerprint density at radius 2 is 1.79 bits per heavy atom. The highest BCUT2D eigenvalue weighted by molar-refractivity contribution is 7.89. The first kappa shape index (κ1) is 24.1. The van der Waals surface area contributed by atoms with Gasteiger partial charge in [0.2, 0.25) is 10.0 Å². The second-order valence-corrected chi connectivity index (χ2v) is 11.9. The number of sulfonamides is 1. The van der Waals surface area contributed by atoms with Gasteiger partial charge in [-0.3, -0.25) is 9.69 Å². The largest absolute Gasteiger partial charge is 0.309 e. The molecule has 176 valence electrons. The fraction of sp³-hybridized carbons (Fsp3) is 0.391. The minimum absolute atomic E-state index is 0.0797. The molecule has 1 heterocycles. The minimum Gasteiger partial charge on any atom is -0.309 e. The van der Waals surface area contributed by atoms with Crippen LogP contribution in [0.25, 0.3) is 10.2 Å². The van der Waals surface area contributed by atoms with Gasteiger partial charge < -0.3 is 4.90 Å². The van der Waals surface area contributed by atoms with Crippen LogP contribution in [-0.4, -0.2) is 68.8 Å². The van der Waals surface area contributed by atoms with Crippen molar-refractivity contribution in [2.75, 3.05) is 39.1 Å². The van der Waals surface area contributed by atoms with E-state index in [1.54, 1.807) is 30.1 Å². The predicted octanol–water partition coefficient (Wildman–Crippen LogP) is 4.33. The molecule has 0 aliphatic heterocycles. The van der Waals surface area contributed by atoms with E-state index in [-0.39, 0.29) is 16.8 Å². The van der Waals surface area contributed by atoms with Crippen LogP contribution in [0.5, 0.6) is 0 Å².